The van der Waals surface area contributed by atoms with Crippen LogP contribution in [0.2, 0.25) is 0 Å². The van der Waals surface area contributed by atoms with Crippen molar-refractivity contribution in [3.63, 3.8) is 0 Å². The highest BCUT2D eigenvalue weighted by atomic mass is 32.1. The molecule has 1 aliphatic rings. The Hall–Kier alpha value is -2.78. The average Bonchev–Trinajstić information content (AvgIpc) is 2.93. The van der Waals surface area contributed by atoms with Crippen LogP contribution in [0, 0.1) is 11.3 Å². The van der Waals surface area contributed by atoms with Crippen molar-refractivity contribution in [3.05, 3.63) is 53.6 Å². The van der Waals surface area contributed by atoms with Crippen LogP contribution in [-0.2, 0) is 0 Å². The number of methoxy groups -OCH3 is 1. The second-order valence-corrected chi connectivity index (χ2v) is 6.32. The van der Waals surface area contributed by atoms with Gasteiger partial charge in [0, 0.05) is 24.0 Å². The molecule has 5 nitrogen and oxygen atoms in total. The van der Waals surface area contributed by atoms with Crippen LogP contribution in [0.3, 0.4) is 0 Å². The molecular weight excluding hydrogens is 332 g/mol. The van der Waals surface area contributed by atoms with Gasteiger partial charge in [-0.1, -0.05) is 18.2 Å². The van der Waals surface area contributed by atoms with Crippen LogP contribution in [0.15, 0.2) is 42.5 Å². The number of likely N-dealkylation sites (N-methyl/N-ethyl adjacent to an activating group) is 1. The minimum Gasteiger partial charge on any atom is -0.497 e. The lowest BCUT2D eigenvalue weighted by atomic mass is 9.91. The zero-order chi connectivity index (χ0) is 18.0. The van der Waals surface area contributed by atoms with Gasteiger partial charge >= 0.3 is 0 Å². The Morgan fingerprint density at radius 3 is 2.80 bits per heavy atom. The molecule has 6 heteroatoms. The lowest BCUT2D eigenvalue weighted by Gasteiger charge is -2.28. The molecule has 3 rings (SSSR count). The first-order valence-corrected chi connectivity index (χ1v) is 8.50. The van der Waals surface area contributed by atoms with Gasteiger partial charge in [0.2, 0.25) is 0 Å². The summed E-state index contributed by atoms with van der Waals surface area (Å²) in [7, 11) is 1.65. The molecule has 25 heavy (non-hydrogen) atoms. The number of anilines is 2. The molecule has 3 N–H and O–H groups in total. The maximum atomic E-state index is 9.83. The lowest BCUT2D eigenvalue weighted by molar-refractivity contribution is 0.415. The number of thiocarbonyl (C=S) groups is 1. The summed E-state index contributed by atoms with van der Waals surface area (Å²) in [5, 5.41) is 13.0. The first-order valence-electron chi connectivity index (χ1n) is 8.09. The quantitative estimate of drug-likeness (QED) is 0.820. The second-order valence-electron chi connectivity index (χ2n) is 5.88. The summed E-state index contributed by atoms with van der Waals surface area (Å²) in [6, 6.07) is 16.2. The Morgan fingerprint density at radius 1 is 1.36 bits per heavy atom. The third-order valence-electron chi connectivity index (χ3n) is 4.51. The van der Waals surface area contributed by atoms with Crippen LogP contribution in [0.1, 0.15) is 30.0 Å². The van der Waals surface area contributed by atoms with Crippen LogP contribution < -0.4 is 20.7 Å². The highest BCUT2D eigenvalue weighted by molar-refractivity contribution is 7.80. The molecule has 2 unspecified atom stereocenters. The fourth-order valence-corrected chi connectivity index (χ4v) is 3.60. The number of nitrogens with one attached hydrogen (secondary N) is 1. The summed E-state index contributed by atoms with van der Waals surface area (Å²) in [6.45, 7) is 2.88. The van der Waals surface area contributed by atoms with Gasteiger partial charge in [0.05, 0.1) is 25.1 Å². The van der Waals surface area contributed by atoms with Crippen molar-refractivity contribution < 1.29 is 4.74 Å². The number of ether oxygens (including phenoxy) is 1. The number of nitriles is 1. The highest BCUT2D eigenvalue weighted by Gasteiger charge is 2.39. The van der Waals surface area contributed by atoms with E-state index in [1.807, 2.05) is 42.5 Å². The number of hydrogen-bond acceptors (Lipinski definition) is 4. The molecule has 0 saturated carbocycles. The minimum absolute atomic E-state index is 0.0646. The van der Waals surface area contributed by atoms with E-state index in [2.05, 4.69) is 23.2 Å². The van der Waals surface area contributed by atoms with Crippen molar-refractivity contribution in [3.8, 4) is 11.8 Å². The summed E-state index contributed by atoms with van der Waals surface area (Å²) < 4.78 is 5.36. The third-order valence-corrected chi connectivity index (χ3v) is 4.61. The van der Waals surface area contributed by atoms with E-state index in [0.717, 1.165) is 34.8 Å². The highest BCUT2D eigenvalue weighted by Crippen LogP contribution is 2.49. The molecule has 0 saturated heterocycles. The fraction of sp³-hybridized carbons (Fsp3) is 0.263. The van der Waals surface area contributed by atoms with E-state index >= 15 is 0 Å². The molecule has 0 amide bonds. The SMILES string of the molecule is CCN1c2cc(OC)ccc2C(C#N)C1c1cccc(NC(N)=S)c1. The zero-order valence-corrected chi connectivity index (χ0v) is 15.0. The molecule has 1 heterocycles. The summed E-state index contributed by atoms with van der Waals surface area (Å²) in [5.41, 5.74) is 9.53. The molecule has 1 aliphatic heterocycles. The topological polar surface area (TPSA) is 74.3 Å². The molecule has 0 radical (unpaired) electrons. The van der Waals surface area contributed by atoms with E-state index in [4.69, 9.17) is 22.7 Å². The van der Waals surface area contributed by atoms with Gasteiger partial charge in [-0.3, -0.25) is 0 Å². The van der Waals surface area contributed by atoms with E-state index < -0.39 is 0 Å². The average molecular weight is 352 g/mol. The molecule has 0 aliphatic carbocycles. The number of rotatable bonds is 4. The largest absolute Gasteiger partial charge is 0.497 e. The summed E-state index contributed by atoms with van der Waals surface area (Å²) >= 11 is 4.92. The van der Waals surface area contributed by atoms with E-state index in [9.17, 15) is 5.26 Å². The lowest BCUT2D eigenvalue weighted by Crippen LogP contribution is -2.26. The van der Waals surface area contributed by atoms with Gasteiger partial charge in [0.1, 0.15) is 5.75 Å². The number of hydrogen-bond donors (Lipinski definition) is 2. The first kappa shape index (κ1) is 17.1. The van der Waals surface area contributed by atoms with Crippen molar-refractivity contribution in [2.24, 2.45) is 5.73 Å². The van der Waals surface area contributed by atoms with Crippen LogP contribution in [0.25, 0.3) is 0 Å². The van der Waals surface area contributed by atoms with Gasteiger partial charge < -0.3 is 20.7 Å². The molecule has 0 aromatic heterocycles. The first-order chi connectivity index (χ1) is 12.1. The Bertz CT molecular complexity index is 846. The molecule has 2 atom stereocenters. The smallest absolute Gasteiger partial charge is 0.168 e. The molecule has 0 fully saturated rings. The third kappa shape index (κ3) is 3.11. The van der Waals surface area contributed by atoms with Crippen LogP contribution in [0.5, 0.6) is 5.75 Å². The van der Waals surface area contributed by atoms with E-state index in [-0.39, 0.29) is 17.1 Å². The number of nitrogens with two attached hydrogens (primary N) is 1. The molecule has 2 aromatic rings. The Balaban J connectivity index is 2.06. The van der Waals surface area contributed by atoms with Crippen LogP contribution in [-0.4, -0.2) is 18.8 Å². The number of benzene rings is 2. The maximum Gasteiger partial charge on any atom is 0.168 e. The molecule has 2 aromatic carbocycles. The van der Waals surface area contributed by atoms with Crippen molar-refractivity contribution >= 4 is 28.7 Å². The minimum atomic E-state index is -0.249. The monoisotopic (exact) mass is 352 g/mol. The van der Waals surface area contributed by atoms with Crippen LogP contribution in [0.4, 0.5) is 11.4 Å². The predicted octanol–water partition coefficient (Wildman–Crippen LogP) is 3.54. The summed E-state index contributed by atoms with van der Waals surface area (Å²) in [5.74, 6) is 0.541. The van der Waals surface area contributed by atoms with Gasteiger partial charge in [0.15, 0.2) is 5.11 Å². The van der Waals surface area contributed by atoms with Gasteiger partial charge in [-0.2, -0.15) is 5.26 Å². The Morgan fingerprint density at radius 2 is 2.16 bits per heavy atom. The Kier molecular flexibility index (Phi) is 4.77. The van der Waals surface area contributed by atoms with E-state index in [1.165, 1.54) is 0 Å². The van der Waals surface area contributed by atoms with Crippen molar-refractivity contribution in [2.75, 3.05) is 23.9 Å². The normalized spacial score (nSPS) is 18.4. The van der Waals surface area contributed by atoms with Crippen molar-refractivity contribution in [2.45, 2.75) is 18.9 Å². The van der Waals surface area contributed by atoms with Crippen molar-refractivity contribution in [1.29, 1.82) is 5.26 Å². The predicted molar refractivity (Wildman–Crippen MR) is 104 cm³/mol. The standard InChI is InChI=1S/C19H20N4OS/c1-3-23-17-10-14(24-2)7-8-15(17)16(11-20)18(23)12-5-4-6-13(9-12)22-19(21)25/h4-10,16,18H,3H2,1-2H3,(H3,21,22,25). The fourth-order valence-electron chi connectivity index (χ4n) is 3.48. The maximum absolute atomic E-state index is 9.83. The molecule has 0 bridgehead atoms. The van der Waals surface area contributed by atoms with Gasteiger partial charge in [0.25, 0.3) is 0 Å². The Labute approximate surface area is 153 Å². The summed E-state index contributed by atoms with van der Waals surface area (Å²) in [6.07, 6.45) is 0. The number of fused-ring (bicyclic) bond motifs is 1. The summed E-state index contributed by atoms with van der Waals surface area (Å²) in [4.78, 5) is 2.24. The van der Waals surface area contributed by atoms with E-state index in [0.29, 0.717) is 0 Å². The second kappa shape index (κ2) is 6.99. The molecule has 0 spiro atoms. The van der Waals surface area contributed by atoms with Gasteiger partial charge in [-0.25, -0.2) is 0 Å². The van der Waals surface area contributed by atoms with Gasteiger partial charge in [-0.05, 0) is 48.5 Å². The van der Waals surface area contributed by atoms with E-state index in [1.54, 1.807) is 7.11 Å². The van der Waals surface area contributed by atoms with Crippen LogP contribution >= 0.6 is 12.2 Å². The zero-order valence-electron chi connectivity index (χ0n) is 14.2. The van der Waals surface area contributed by atoms with Gasteiger partial charge in [-0.15, -0.1) is 0 Å². The van der Waals surface area contributed by atoms with Crippen molar-refractivity contribution in [1.82, 2.24) is 0 Å². The molecule has 128 valence electrons. The molecular formula is C19H20N4OS. The number of nitrogens with zero attached hydrogens (tertiary/aromatic N) is 2.